The average Bonchev–Trinajstić information content (AvgIpc) is 2.43. The number of aryl methyl sites for hydroxylation is 2. The molecule has 0 aromatic heterocycles. The van der Waals surface area contributed by atoms with Gasteiger partial charge in [0.05, 0.1) is 13.7 Å². The normalized spacial score (nSPS) is 12.2. The summed E-state index contributed by atoms with van der Waals surface area (Å²) in [5.74, 6) is -1.13. The Balaban J connectivity index is 2.86. The Labute approximate surface area is 123 Å². The van der Waals surface area contributed by atoms with Crippen molar-refractivity contribution in [2.45, 2.75) is 19.9 Å². The van der Waals surface area contributed by atoms with Gasteiger partial charge in [0.15, 0.2) is 6.04 Å². The molecule has 3 N–H and O–H groups in total. The summed E-state index contributed by atoms with van der Waals surface area (Å²) in [6.07, 6.45) is 2.85. The molecule has 114 valence electrons. The van der Waals surface area contributed by atoms with Crippen molar-refractivity contribution >= 4 is 18.0 Å². The molecule has 0 radical (unpaired) electrons. The summed E-state index contributed by atoms with van der Waals surface area (Å²) in [4.78, 5) is 22.3. The van der Waals surface area contributed by atoms with E-state index in [0.29, 0.717) is 0 Å². The maximum atomic E-state index is 11.6. The number of aliphatic hydroxyl groups excluding tert-OH is 1. The minimum Gasteiger partial charge on any atom is -0.497 e. The van der Waals surface area contributed by atoms with Crippen LogP contribution in [0.1, 0.15) is 16.7 Å². The summed E-state index contributed by atoms with van der Waals surface area (Å²) < 4.78 is 5.15. The third-order valence-electron chi connectivity index (χ3n) is 3.00. The highest BCUT2D eigenvalue weighted by Gasteiger charge is 2.17. The maximum Gasteiger partial charge on any atom is 0.328 e. The molecule has 1 unspecified atom stereocenters. The number of carbonyl (C=O) groups is 2. The molecule has 1 amide bonds. The van der Waals surface area contributed by atoms with Crippen molar-refractivity contribution in [1.29, 1.82) is 0 Å². The quantitative estimate of drug-likeness (QED) is 0.677. The third kappa shape index (κ3) is 4.61. The SMILES string of the molecule is COc1cc(C)c(/C=C/C(=O)NC(CO)C(=O)O)c(C)c1. The van der Waals surface area contributed by atoms with E-state index in [2.05, 4.69) is 5.32 Å². The van der Waals surface area contributed by atoms with Gasteiger partial charge < -0.3 is 20.3 Å². The summed E-state index contributed by atoms with van der Waals surface area (Å²) in [5.41, 5.74) is 2.74. The van der Waals surface area contributed by atoms with E-state index >= 15 is 0 Å². The number of amides is 1. The molecule has 6 heteroatoms. The molecule has 1 aromatic rings. The Morgan fingerprint density at radius 2 is 1.90 bits per heavy atom. The summed E-state index contributed by atoms with van der Waals surface area (Å²) in [6.45, 7) is 3.12. The minimum atomic E-state index is -1.31. The predicted octanol–water partition coefficient (Wildman–Crippen LogP) is 0.887. The van der Waals surface area contributed by atoms with Gasteiger partial charge in [-0.2, -0.15) is 0 Å². The van der Waals surface area contributed by atoms with Gasteiger partial charge in [0, 0.05) is 6.08 Å². The summed E-state index contributed by atoms with van der Waals surface area (Å²) in [6, 6.07) is 2.39. The number of hydrogen-bond donors (Lipinski definition) is 3. The first-order valence-corrected chi connectivity index (χ1v) is 6.36. The molecule has 0 aliphatic rings. The Morgan fingerprint density at radius 1 is 1.33 bits per heavy atom. The van der Waals surface area contributed by atoms with E-state index < -0.39 is 24.5 Å². The highest BCUT2D eigenvalue weighted by atomic mass is 16.5. The van der Waals surface area contributed by atoms with Crippen LogP contribution < -0.4 is 10.1 Å². The Hall–Kier alpha value is -2.34. The van der Waals surface area contributed by atoms with Gasteiger partial charge in [0.1, 0.15) is 5.75 Å². The molecule has 0 bridgehead atoms. The fraction of sp³-hybridized carbons (Fsp3) is 0.333. The van der Waals surface area contributed by atoms with E-state index in [4.69, 9.17) is 14.9 Å². The van der Waals surface area contributed by atoms with Crippen molar-refractivity contribution in [1.82, 2.24) is 5.32 Å². The molecule has 1 atom stereocenters. The Bertz CT molecular complexity index is 542. The number of methoxy groups -OCH3 is 1. The largest absolute Gasteiger partial charge is 0.497 e. The summed E-state index contributed by atoms with van der Waals surface area (Å²) >= 11 is 0. The Kier molecular flexibility index (Phi) is 5.92. The van der Waals surface area contributed by atoms with E-state index in [-0.39, 0.29) is 0 Å². The fourth-order valence-electron chi connectivity index (χ4n) is 1.88. The number of carboxylic acids is 1. The van der Waals surface area contributed by atoms with Gasteiger partial charge in [-0.3, -0.25) is 4.79 Å². The van der Waals surface area contributed by atoms with Crippen LogP contribution in [0.5, 0.6) is 5.75 Å². The van der Waals surface area contributed by atoms with Crippen LogP contribution in [0.15, 0.2) is 18.2 Å². The summed E-state index contributed by atoms with van der Waals surface area (Å²) in [5, 5.41) is 19.8. The van der Waals surface area contributed by atoms with Crippen LogP contribution in [-0.2, 0) is 9.59 Å². The van der Waals surface area contributed by atoms with Gasteiger partial charge >= 0.3 is 5.97 Å². The lowest BCUT2D eigenvalue weighted by Crippen LogP contribution is -2.42. The standard InChI is InChI=1S/C15H19NO5/c1-9-6-11(21-3)7-10(2)12(9)4-5-14(18)16-13(8-17)15(19)20/h4-7,13,17H,8H2,1-3H3,(H,16,18)(H,19,20)/b5-4+. The fourth-order valence-corrected chi connectivity index (χ4v) is 1.88. The monoisotopic (exact) mass is 293 g/mol. The first-order chi connectivity index (χ1) is 9.88. The molecule has 0 heterocycles. The second-order valence-electron chi connectivity index (χ2n) is 4.59. The highest BCUT2D eigenvalue weighted by Crippen LogP contribution is 2.22. The Morgan fingerprint density at radius 3 is 2.33 bits per heavy atom. The van der Waals surface area contributed by atoms with E-state index in [0.717, 1.165) is 22.4 Å². The number of ether oxygens (including phenoxy) is 1. The zero-order valence-electron chi connectivity index (χ0n) is 12.2. The first-order valence-electron chi connectivity index (χ1n) is 6.36. The number of aliphatic carboxylic acids is 1. The molecule has 0 fully saturated rings. The highest BCUT2D eigenvalue weighted by molar-refractivity contribution is 5.94. The molecule has 21 heavy (non-hydrogen) atoms. The predicted molar refractivity (Wildman–Crippen MR) is 78.2 cm³/mol. The van der Waals surface area contributed by atoms with Crippen LogP contribution in [0.2, 0.25) is 0 Å². The number of carboxylic acid groups (broad SMARTS) is 1. The van der Waals surface area contributed by atoms with Crippen molar-refractivity contribution in [3.05, 3.63) is 34.9 Å². The number of nitrogens with one attached hydrogen (secondary N) is 1. The molecule has 0 aliphatic heterocycles. The van der Waals surface area contributed by atoms with Crippen LogP contribution in [-0.4, -0.2) is 41.8 Å². The van der Waals surface area contributed by atoms with Crippen LogP contribution in [0, 0.1) is 13.8 Å². The van der Waals surface area contributed by atoms with Crippen LogP contribution in [0.3, 0.4) is 0 Å². The molecule has 0 saturated heterocycles. The third-order valence-corrected chi connectivity index (χ3v) is 3.00. The van der Waals surface area contributed by atoms with Crippen LogP contribution in [0.25, 0.3) is 6.08 Å². The molecule has 1 rings (SSSR count). The molecule has 6 nitrogen and oxygen atoms in total. The van der Waals surface area contributed by atoms with Crippen molar-refractivity contribution in [3.8, 4) is 5.75 Å². The molecule has 0 spiro atoms. The van der Waals surface area contributed by atoms with Gasteiger partial charge in [0.2, 0.25) is 5.91 Å². The number of hydrogen-bond acceptors (Lipinski definition) is 4. The van der Waals surface area contributed by atoms with E-state index in [1.54, 1.807) is 13.2 Å². The molecule has 0 aliphatic carbocycles. The zero-order valence-corrected chi connectivity index (χ0v) is 12.2. The van der Waals surface area contributed by atoms with Gasteiger partial charge in [0.25, 0.3) is 0 Å². The average molecular weight is 293 g/mol. The van der Waals surface area contributed by atoms with Crippen molar-refractivity contribution in [2.75, 3.05) is 13.7 Å². The second kappa shape index (κ2) is 7.44. The van der Waals surface area contributed by atoms with Gasteiger partial charge in [-0.05, 0) is 48.7 Å². The molecular weight excluding hydrogens is 274 g/mol. The lowest BCUT2D eigenvalue weighted by atomic mass is 10.0. The number of aliphatic hydroxyl groups is 1. The van der Waals surface area contributed by atoms with Crippen LogP contribution >= 0.6 is 0 Å². The smallest absolute Gasteiger partial charge is 0.328 e. The zero-order chi connectivity index (χ0) is 16.0. The molecular formula is C15H19NO5. The lowest BCUT2D eigenvalue weighted by molar-refractivity contribution is -0.142. The van der Waals surface area contributed by atoms with Gasteiger partial charge in [-0.15, -0.1) is 0 Å². The van der Waals surface area contributed by atoms with Crippen molar-refractivity contribution in [3.63, 3.8) is 0 Å². The number of benzene rings is 1. The van der Waals surface area contributed by atoms with Gasteiger partial charge in [-0.25, -0.2) is 4.79 Å². The van der Waals surface area contributed by atoms with E-state index in [9.17, 15) is 9.59 Å². The van der Waals surface area contributed by atoms with E-state index in [1.807, 2.05) is 26.0 Å². The van der Waals surface area contributed by atoms with E-state index in [1.165, 1.54) is 6.08 Å². The first kappa shape index (κ1) is 16.7. The summed E-state index contributed by atoms with van der Waals surface area (Å²) in [7, 11) is 1.58. The topological polar surface area (TPSA) is 95.9 Å². The molecule has 1 aromatic carbocycles. The number of rotatable bonds is 6. The van der Waals surface area contributed by atoms with Gasteiger partial charge in [-0.1, -0.05) is 0 Å². The van der Waals surface area contributed by atoms with Crippen LogP contribution in [0.4, 0.5) is 0 Å². The number of carbonyl (C=O) groups excluding carboxylic acids is 1. The van der Waals surface area contributed by atoms with Crippen molar-refractivity contribution in [2.24, 2.45) is 0 Å². The molecule has 0 saturated carbocycles. The second-order valence-corrected chi connectivity index (χ2v) is 4.59. The van der Waals surface area contributed by atoms with Crippen molar-refractivity contribution < 1.29 is 24.5 Å². The lowest BCUT2D eigenvalue weighted by Gasteiger charge is -2.10. The maximum absolute atomic E-state index is 11.6. The minimum absolute atomic E-state index is 0.578.